The summed E-state index contributed by atoms with van der Waals surface area (Å²) < 4.78 is 0. The van der Waals surface area contributed by atoms with E-state index >= 15 is 0 Å². The Morgan fingerprint density at radius 2 is 1.48 bits per heavy atom. The highest BCUT2D eigenvalue weighted by atomic mass is 35.5. The first-order chi connectivity index (χ1) is 9.56. The molecule has 0 heterocycles. The summed E-state index contributed by atoms with van der Waals surface area (Å²) in [5.41, 5.74) is 7.34. The van der Waals surface area contributed by atoms with Crippen molar-refractivity contribution in [3.8, 4) is 11.5 Å². The van der Waals surface area contributed by atoms with E-state index in [2.05, 4.69) is 5.32 Å². The maximum Gasteiger partial charge on any atom is 0.241 e. The van der Waals surface area contributed by atoms with Gasteiger partial charge in [-0.1, -0.05) is 24.3 Å². The number of carbonyl (C=O) groups is 1. The highest BCUT2D eigenvalue weighted by Gasteiger charge is 2.15. The van der Waals surface area contributed by atoms with Gasteiger partial charge in [0.05, 0.1) is 0 Å². The summed E-state index contributed by atoms with van der Waals surface area (Å²) in [5, 5.41) is 21.1. The summed E-state index contributed by atoms with van der Waals surface area (Å²) in [5.74, 6) is 0.00934. The number of nitrogens with two attached hydrogens (primary N) is 1. The van der Waals surface area contributed by atoms with E-state index < -0.39 is 6.04 Å². The Labute approximate surface area is 128 Å². The van der Waals surface area contributed by atoms with Crippen molar-refractivity contribution in [2.24, 2.45) is 5.73 Å². The molecule has 0 fully saturated rings. The summed E-state index contributed by atoms with van der Waals surface area (Å²) in [6.07, 6.45) is 0. The Balaban J connectivity index is 0.00000220. The Morgan fingerprint density at radius 3 is 2.00 bits per heavy atom. The maximum atomic E-state index is 11.9. The number of hydrogen-bond donors (Lipinski definition) is 4. The number of halogens is 1. The third-order valence-electron chi connectivity index (χ3n) is 2.94. The van der Waals surface area contributed by atoms with Crippen LogP contribution in [0.4, 0.5) is 0 Å². The molecule has 6 heteroatoms. The number of phenolic OH excluding ortho intramolecular Hbond substituents is 2. The van der Waals surface area contributed by atoms with Gasteiger partial charge in [0.2, 0.25) is 5.91 Å². The van der Waals surface area contributed by atoms with Gasteiger partial charge < -0.3 is 21.3 Å². The van der Waals surface area contributed by atoms with Crippen LogP contribution >= 0.6 is 12.4 Å². The van der Waals surface area contributed by atoms with E-state index in [0.29, 0.717) is 12.1 Å². The van der Waals surface area contributed by atoms with Crippen LogP contribution in [0.5, 0.6) is 11.5 Å². The lowest BCUT2D eigenvalue weighted by molar-refractivity contribution is -0.122. The highest BCUT2D eigenvalue weighted by Crippen LogP contribution is 2.15. The molecule has 2 aromatic rings. The van der Waals surface area contributed by atoms with Gasteiger partial charge in [-0.25, -0.2) is 0 Å². The van der Waals surface area contributed by atoms with Crippen molar-refractivity contribution in [2.75, 3.05) is 0 Å². The van der Waals surface area contributed by atoms with E-state index in [1.165, 1.54) is 12.1 Å². The quantitative estimate of drug-likeness (QED) is 0.693. The minimum absolute atomic E-state index is 0. The Morgan fingerprint density at radius 1 is 1.00 bits per heavy atom. The van der Waals surface area contributed by atoms with Crippen LogP contribution in [0.2, 0.25) is 0 Å². The van der Waals surface area contributed by atoms with Crippen molar-refractivity contribution in [2.45, 2.75) is 12.6 Å². The molecule has 2 rings (SSSR count). The fourth-order valence-corrected chi connectivity index (χ4v) is 1.75. The molecule has 0 unspecified atom stereocenters. The van der Waals surface area contributed by atoms with Gasteiger partial charge in [0, 0.05) is 6.54 Å². The number of aromatic hydroxyl groups is 2. The predicted molar refractivity (Wildman–Crippen MR) is 82.2 cm³/mol. The van der Waals surface area contributed by atoms with E-state index in [4.69, 9.17) is 10.8 Å². The van der Waals surface area contributed by atoms with Gasteiger partial charge in [-0.3, -0.25) is 4.79 Å². The van der Waals surface area contributed by atoms with Gasteiger partial charge in [-0.05, 0) is 35.4 Å². The van der Waals surface area contributed by atoms with Crippen molar-refractivity contribution in [1.82, 2.24) is 5.32 Å². The van der Waals surface area contributed by atoms with Crippen molar-refractivity contribution < 1.29 is 15.0 Å². The van der Waals surface area contributed by atoms with E-state index in [1.54, 1.807) is 36.4 Å². The molecule has 0 bridgehead atoms. The van der Waals surface area contributed by atoms with Crippen molar-refractivity contribution in [3.05, 3.63) is 59.7 Å². The summed E-state index contributed by atoms with van der Waals surface area (Å²) in [6.45, 7) is 0.338. The topological polar surface area (TPSA) is 95.6 Å². The molecular weight excluding hydrogens is 292 g/mol. The molecule has 21 heavy (non-hydrogen) atoms. The molecule has 0 spiro atoms. The van der Waals surface area contributed by atoms with Crippen molar-refractivity contribution in [3.63, 3.8) is 0 Å². The standard InChI is InChI=1S/C15H16N2O3.ClH/c16-14(11-3-7-13(19)8-4-11)15(20)17-9-10-1-5-12(18)6-2-10;/h1-8,14,18-19H,9,16H2,(H,17,20);1H/t14-;/m0./s1. The van der Waals surface area contributed by atoms with Crippen LogP contribution in [0.3, 0.4) is 0 Å². The first-order valence-corrected chi connectivity index (χ1v) is 6.16. The fourth-order valence-electron chi connectivity index (χ4n) is 1.75. The molecule has 0 aliphatic carbocycles. The lowest BCUT2D eigenvalue weighted by Crippen LogP contribution is -2.33. The average molecular weight is 309 g/mol. The predicted octanol–water partition coefficient (Wildman–Crippen LogP) is 1.84. The minimum atomic E-state index is -0.785. The molecule has 112 valence electrons. The lowest BCUT2D eigenvalue weighted by Gasteiger charge is -2.12. The Kier molecular flexibility index (Phi) is 6.02. The molecule has 0 aliphatic heterocycles. The van der Waals surface area contributed by atoms with Gasteiger partial charge in [0.15, 0.2) is 0 Å². The van der Waals surface area contributed by atoms with Gasteiger partial charge >= 0.3 is 0 Å². The van der Waals surface area contributed by atoms with Crippen LogP contribution in [0, 0.1) is 0 Å². The van der Waals surface area contributed by atoms with E-state index in [1.807, 2.05) is 0 Å². The summed E-state index contributed by atoms with van der Waals surface area (Å²) in [7, 11) is 0. The number of carbonyl (C=O) groups excluding carboxylic acids is 1. The van der Waals surface area contributed by atoms with Crippen LogP contribution in [-0.4, -0.2) is 16.1 Å². The van der Waals surface area contributed by atoms with E-state index in [-0.39, 0.29) is 29.8 Å². The number of amides is 1. The van der Waals surface area contributed by atoms with Crippen LogP contribution in [0.1, 0.15) is 17.2 Å². The first-order valence-electron chi connectivity index (χ1n) is 6.16. The van der Waals surface area contributed by atoms with Crippen molar-refractivity contribution >= 4 is 18.3 Å². The molecular formula is C15H17ClN2O3. The molecule has 0 aliphatic rings. The monoisotopic (exact) mass is 308 g/mol. The minimum Gasteiger partial charge on any atom is -0.508 e. The molecule has 1 atom stereocenters. The molecule has 5 N–H and O–H groups in total. The lowest BCUT2D eigenvalue weighted by atomic mass is 10.1. The summed E-state index contributed by atoms with van der Waals surface area (Å²) >= 11 is 0. The Hall–Kier alpha value is -2.24. The smallest absolute Gasteiger partial charge is 0.241 e. The highest BCUT2D eigenvalue weighted by molar-refractivity contribution is 5.85. The van der Waals surface area contributed by atoms with Crippen LogP contribution in [-0.2, 0) is 11.3 Å². The number of rotatable bonds is 4. The molecule has 0 aromatic heterocycles. The third kappa shape index (κ3) is 4.66. The summed E-state index contributed by atoms with van der Waals surface area (Å²) in [6, 6.07) is 12.0. The SMILES string of the molecule is Cl.N[C@H](C(=O)NCc1ccc(O)cc1)c1ccc(O)cc1. The summed E-state index contributed by atoms with van der Waals surface area (Å²) in [4.78, 5) is 11.9. The molecule has 0 saturated heterocycles. The number of hydrogen-bond acceptors (Lipinski definition) is 4. The van der Waals surface area contributed by atoms with Crippen molar-refractivity contribution in [1.29, 1.82) is 0 Å². The Bertz CT molecular complexity index is 585. The second-order valence-corrected chi connectivity index (χ2v) is 4.45. The maximum absolute atomic E-state index is 11.9. The number of nitrogens with one attached hydrogen (secondary N) is 1. The molecule has 0 radical (unpaired) electrons. The number of benzene rings is 2. The molecule has 2 aromatic carbocycles. The van der Waals surface area contributed by atoms with Gasteiger partial charge in [0.25, 0.3) is 0 Å². The first kappa shape index (κ1) is 16.8. The number of phenols is 2. The van der Waals surface area contributed by atoms with Gasteiger partial charge in [-0.2, -0.15) is 0 Å². The molecule has 5 nitrogen and oxygen atoms in total. The zero-order valence-electron chi connectivity index (χ0n) is 11.2. The second kappa shape index (κ2) is 7.52. The van der Waals surface area contributed by atoms with Gasteiger partial charge in [0.1, 0.15) is 17.5 Å². The fraction of sp³-hybridized carbons (Fsp3) is 0.133. The van der Waals surface area contributed by atoms with E-state index in [0.717, 1.165) is 5.56 Å². The normalized spacial score (nSPS) is 11.3. The van der Waals surface area contributed by atoms with Crippen LogP contribution in [0.25, 0.3) is 0 Å². The molecule has 0 saturated carbocycles. The average Bonchev–Trinajstić information content (AvgIpc) is 2.46. The van der Waals surface area contributed by atoms with E-state index in [9.17, 15) is 9.90 Å². The van der Waals surface area contributed by atoms with Crippen LogP contribution in [0.15, 0.2) is 48.5 Å². The largest absolute Gasteiger partial charge is 0.508 e. The third-order valence-corrected chi connectivity index (χ3v) is 2.94. The molecule has 1 amide bonds. The van der Waals surface area contributed by atoms with Crippen LogP contribution < -0.4 is 11.1 Å². The second-order valence-electron chi connectivity index (χ2n) is 4.45. The zero-order chi connectivity index (χ0) is 14.5. The zero-order valence-corrected chi connectivity index (χ0v) is 12.0. The van der Waals surface area contributed by atoms with Gasteiger partial charge in [-0.15, -0.1) is 12.4 Å².